The zero-order valence-corrected chi connectivity index (χ0v) is 18.0. The van der Waals surface area contributed by atoms with Crippen molar-refractivity contribution in [1.29, 1.82) is 0 Å². The largest absolute Gasteiger partial charge is 0.444 e. The summed E-state index contributed by atoms with van der Waals surface area (Å²) in [6.07, 6.45) is 0.685. The maximum atomic E-state index is 12.7. The van der Waals surface area contributed by atoms with Crippen LogP contribution in [0, 0.1) is 6.92 Å². The van der Waals surface area contributed by atoms with Crippen molar-refractivity contribution in [1.82, 2.24) is 9.80 Å². The van der Waals surface area contributed by atoms with Crippen molar-refractivity contribution in [2.24, 2.45) is 0 Å². The van der Waals surface area contributed by atoms with Gasteiger partial charge in [0.1, 0.15) is 12.1 Å². The number of carbonyl (C=O) groups is 2. The van der Waals surface area contributed by atoms with E-state index in [1.807, 2.05) is 6.07 Å². The van der Waals surface area contributed by atoms with Crippen LogP contribution >= 0.6 is 0 Å². The number of benzene rings is 1. The van der Waals surface area contributed by atoms with Gasteiger partial charge >= 0.3 is 6.09 Å². The van der Waals surface area contributed by atoms with Crippen molar-refractivity contribution >= 4 is 27.7 Å². The fourth-order valence-electron chi connectivity index (χ4n) is 2.91. The third-order valence-corrected chi connectivity index (χ3v) is 5.47. The molecule has 0 atom stereocenters. The van der Waals surface area contributed by atoms with Gasteiger partial charge in [0, 0.05) is 26.2 Å². The highest BCUT2D eigenvalue weighted by Crippen LogP contribution is 2.22. The summed E-state index contributed by atoms with van der Waals surface area (Å²) < 4.78 is 31.0. The number of rotatable bonds is 4. The summed E-state index contributed by atoms with van der Waals surface area (Å²) in [5.41, 5.74) is 0.689. The number of para-hydroxylation sites is 1. The van der Waals surface area contributed by atoms with Gasteiger partial charge in [0.05, 0.1) is 11.9 Å². The van der Waals surface area contributed by atoms with Crippen LogP contribution in [-0.4, -0.2) is 74.8 Å². The van der Waals surface area contributed by atoms with Gasteiger partial charge in [-0.05, 0) is 39.3 Å². The van der Waals surface area contributed by atoms with Crippen LogP contribution in [0.2, 0.25) is 0 Å². The molecule has 1 aliphatic rings. The number of ether oxygens (including phenoxy) is 1. The summed E-state index contributed by atoms with van der Waals surface area (Å²) in [7, 11) is -3.62. The maximum Gasteiger partial charge on any atom is 0.410 e. The highest BCUT2D eigenvalue weighted by molar-refractivity contribution is 7.92. The van der Waals surface area contributed by atoms with Gasteiger partial charge in [0.2, 0.25) is 15.9 Å². The van der Waals surface area contributed by atoms with Crippen molar-refractivity contribution in [2.45, 2.75) is 33.3 Å². The summed E-state index contributed by atoms with van der Waals surface area (Å²) in [4.78, 5) is 28.0. The molecule has 0 unspecified atom stereocenters. The van der Waals surface area contributed by atoms with Crippen LogP contribution in [0.1, 0.15) is 26.3 Å². The molecule has 0 spiro atoms. The summed E-state index contributed by atoms with van der Waals surface area (Å²) in [6, 6.07) is 7.04. The summed E-state index contributed by atoms with van der Waals surface area (Å²) in [5, 5.41) is 0. The Kier molecular flexibility index (Phi) is 6.59. The first-order chi connectivity index (χ1) is 12.9. The lowest BCUT2D eigenvalue weighted by atomic mass is 10.2. The van der Waals surface area contributed by atoms with E-state index in [2.05, 4.69) is 0 Å². The second-order valence-electron chi connectivity index (χ2n) is 7.90. The Hall–Kier alpha value is -2.29. The molecule has 28 heavy (non-hydrogen) atoms. The van der Waals surface area contributed by atoms with Crippen LogP contribution in [0.4, 0.5) is 10.5 Å². The van der Waals surface area contributed by atoms with E-state index in [-0.39, 0.29) is 12.5 Å². The maximum absolute atomic E-state index is 12.7. The molecule has 156 valence electrons. The molecular formula is C19H29N3O5S. The fraction of sp³-hybridized carbons (Fsp3) is 0.579. The number of aryl methyl sites for hydroxylation is 1. The highest BCUT2D eigenvalue weighted by Gasteiger charge is 2.30. The third kappa shape index (κ3) is 5.85. The van der Waals surface area contributed by atoms with Crippen LogP contribution < -0.4 is 4.31 Å². The minimum absolute atomic E-state index is 0.268. The lowest BCUT2D eigenvalue weighted by Gasteiger charge is -2.36. The molecule has 0 aromatic heterocycles. The molecule has 1 aliphatic heterocycles. The average molecular weight is 412 g/mol. The monoisotopic (exact) mass is 411 g/mol. The topological polar surface area (TPSA) is 87.2 Å². The lowest BCUT2D eigenvalue weighted by molar-refractivity contribution is -0.131. The van der Waals surface area contributed by atoms with Crippen molar-refractivity contribution in [2.75, 3.05) is 43.3 Å². The number of nitrogens with zero attached hydrogens (tertiary/aromatic N) is 3. The summed E-state index contributed by atoms with van der Waals surface area (Å²) in [5.74, 6) is -0.294. The van der Waals surface area contributed by atoms with Gasteiger partial charge in [-0.1, -0.05) is 18.2 Å². The number of hydrogen-bond acceptors (Lipinski definition) is 5. The molecule has 0 N–H and O–H groups in total. The quantitative estimate of drug-likeness (QED) is 0.754. The molecule has 1 aromatic rings. The van der Waals surface area contributed by atoms with Gasteiger partial charge in [-0.2, -0.15) is 0 Å². The summed E-state index contributed by atoms with van der Waals surface area (Å²) >= 11 is 0. The Morgan fingerprint density at radius 3 is 2.11 bits per heavy atom. The zero-order chi connectivity index (χ0) is 21.1. The Bertz CT molecular complexity index is 824. The van der Waals surface area contributed by atoms with E-state index in [9.17, 15) is 18.0 Å². The van der Waals surface area contributed by atoms with E-state index in [0.717, 1.165) is 16.1 Å². The molecule has 1 aromatic carbocycles. The predicted molar refractivity (Wildman–Crippen MR) is 108 cm³/mol. The van der Waals surface area contributed by atoms with Gasteiger partial charge in [-0.25, -0.2) is 13.2 Å². The number of hydrogen-bond donors (Lipinski definition) is 0. The minimum Gasteiger partial charge on any atom is -0.444 e. The molecule has 0 radical (unpaired) electrons. The molecule has 8 nitrogen and oxygen atoms in total. The molecule has 0 saturated carbocycles. The molecule has 9 heteroatoms. The number of anilines is 1. The van der Waals surface area contributed by atoms with Crippen molar-refractivity contribution in [3.8, 4) is 0 Å². The van der Waals surface area contributed by atoms with Gasteiger partial charge in [-0.15, -0.1) is 0 Å². The van der Waals surface area contributed by atoms with Crippen LogP contribution in [0.5, 0.6) is 0 Å². The fourth-order valence-corrected chi connectivity index (χ4v) is 3.82. The van der Waals surface area contributed by atoms with Crippen molar-refractivity contribution < 1.29 is 22.7 Å². The number of piperazine rings is 1. The van der Waals surface area contributed by atoms with E-state index in [4.69, 9.17) is 4.74 Å². The van der Waals surface area contributed by atoms with Crippen molar-refractivity contribution in [3.05, 3.63) is 29.8 Å². The minimum atomic E-state index is -3.62. The van der Waals surface area contributed by atoms with Gasteiger partial charge < -0.3 is 14.5 Å². The first-order valence-electron chi connectivity index (χ1n) is 9.17. The summed E-state index contributed by atoms with van der Waals surface area (Å²) in [6.45, 7) is 8.32. The third-order valence-electron chi connectivity index (χ3n) is 4.35. The molecule has 2 rings (SSSR count). The smallest absolute Gasteiger partial charge is 0.410 e. The first-order valence-corrected chi connectivity index (χ1v) is 11.0. The second kappa shape index (κ2) is 8.38. The molecule has 1 heterocycles. The van der Waals surface area contributed by atoms with Crippen LogP contribution in [0.25, 0.3) is 0 Å². The van der Waals surface area contributed by atoms with Crippen molar-refractivity contribution in [3.63, 3.8) is 0 Å². The Morgan fingerprint density at radius 1 is 1.07 bits per heavy atom. The number of amides is 2. The average Bonchev–Trinajstić information content (AvgIpc) is 2.58. The Morgan fingerprint density at radius 2 is 1.61 bits per heavy atom. The molecular weight excluding hydrogens is 382 g/mol. The van der Waals surface area contributed by atoms with Gasteiger partial charge in [0.25, 0.3) is 0 Å². The van der Waals surface area contributed by atoms with Crippen LogP contribution in [0.3, 0.4) is 0 Å². The predicted octanol–water partition coefficient (Wildman–Crippen LogP) is 1.84. The lowest BCUT2D eigenvalue weighted by Crippen LogP contribution is -2.53. The molecule has 0 bridgehead atoms. The van der Waals surface area contributed by atoms with Gasteiger partial charge in [0.15, 0.2) is 0 Å². The van der Waals surface area contributed by atoms with E-state index in [0.29, 0.717) is 31.9 Å². The Balaban J connectivity index is 2.03. The van der Waals surface area contributed by atoms with Crippen LogP contribution in [-0.2, 0) is 19.6 Å². The zero-order valence-electron chi connectivity index (χ0n) is 17.1. The van der Waals surface area contributed by atoms with E-state index in [1.165, 1.54) is 0 Å². The normalized spacial score (nSPS) is 15.3. The number of sulfonamides is 1. The molecule has 2 amide bonds. The van der Waals surface area contributed by atoms with E-state index in [1.54, 1.807) is 55.7 Å². The first kappa shape index (κ1) is 22.0. The van der Waals surface area contributed by atoms with E-state index >= 15 is 0 Å². The highest BCUT2D eigenvalue weighted by atomic mass is 32.2. The second-order valence-corrected chi connectivity index (χ2v) is 9.81. The molecule has 0 aliphatic carbocycles. The standard InChI is InChI=1S/C19H29N3O5S/c1-15-8-6-7-9-16(15)22(28(5,25)26)14-17(23)20-10-12-21(13-11-20)18(24)27-19(2,3)4/h6-9H,10-14H2,1-5H3. The van der Waals surface area contributed by atoms with E-state index < -0.39 is 21.7 Å². The molecule has 1 saturated heterocycles. The SMILES string of the molecule is Cc1ccccc1N(CC(=O)N1CCN(C(=O)OC(C)(C)C)CC1)S(C)(=O)=O. The van der Waals surface area contributed by atoms with Crippen LogP contribution in [0.15, 0.2) is 24.3 Å². The Labute approximate surface area is 167 Å². The molecule has 1 fully saturated rings. The number of carbonyl (C=O) groups excluding carboxylic acids is 2. The van der Waals surface area contributed by atoms with Gasteiger partial charge in [-0.3, -0.25) is 9.10 Å².